The van der Waals surface area contributed by atoms with Gasteiger partial charge in [-0.3, -0.25) is 14.2 Å². The lowest BCUT2D eigenvalue weighted by Crippen LogP contribution is -2.38. The first kappa shape index (κ1) is 21.9. The minimum absolute atomic E-state index is 0.236. The number of aromatic nitrogens is 2. The van der Waals surface area contributed by atoms with Gasteiger partial charge in [0.05, 0.1) is 21.8 Å². The van der Waals surface area contributed by atoms with Crippen LogP contribution < -0.4 is 10.9 Å². The number of alkyl halides is 3. The highest BCUT2D eigenvalue weighted by atomic mass is 32.2. The van der Waals surface area contributed by atoms with Crippen LogP contribution in [0, 0.1) is 13.8 Å². The van der Waals surface area contributed by atoms with Crippen molar-refractivity contribution in [1.82, 2.24) is 14.9 Å². The number of fused-ring (bicyclic) bond motifs is 1. The average molecular weight is 435 g/mol. The molecule has 1 amide bonds. The van der Waals surface area contributed by atoms with E-state index in [2.05, 4.69) is 4.98 Å². The van der Waals surface area contributed by atoms with Crippen LogP contribution in [0.5, 0.6) is 0 Å². The summed E-state index contributed by atoms with van der Waals surface area (Å²) in [4.78, 5) is 29.9. The third-order valence-corrected chi connectivity index (χ3v) is 5.50. The quantitative estimate of drug-likeness (QED) is 0.483. The van der Waals surface area contributed by atoms with Gasteiger partial charge in [0, 0.05) is 0 Å². The molecular weight excluding hydrogens is 415 g/mol. The maximum atomic E-state index is 13.3. The maximum absolute atomic E-state index is 13.3. The average Bonchev–Trinajstić information content (AvgIpc) is 2.67. The SMILES string of the molecule is Cc1ccc(-n2c(SC(C)C(=O)NCC(F)(F)F)nc3ccccc3c2=O)c(C)c1. The molecule has 0 radical (unpaired) electrons. The van der Waals surface area contributed by atoms with Crippen LogP contribution in [0.4, 0.5) is 13.2 Å². The number of rotatable bonds is 5. The van der Waals surface area contributed by atoms with Crippen molar-refractivity contribution in [3.63, 3.8) is 0 Å². The Labute approximate surface area is 175 Å². The molecule has 1 atom stereocenters. The fraction of sp³-hybridized carbons (Fsp3) is 0.286. The number of thioether (sulfide) groups is 1. The van der Waals surface area contributed by atoms with Gasteiger partial charge in [0.2, 0.25) is 5.91 Å². The number of carbonyl (C=O) groups is 1. The van der Waals surface area contributed by atoms with E-state index in [4.69, 9.17) is 0 Å². The number of nitrogens with one attached hydrogen (secondary N) is 1. The number of carbonyl (C=O) groups excluding carboxylic acids is 1. The fourth-order valence-corrected chi connectivity index (χ4v) is 3.95. The molecule has 5 nitrogen and oxygen atoms in total. The Balaban J connectivity index is 2.07. The second-order valence-corrected chi connectivity index (χ2v) is 8.24. The zero-order valence-electron chi connectivity index (χ0n) is 16.6. The smallest absolute Gasteiger partial charge is 0.346 e. The molecule has 0 bridgehead atoms. The van der Waals surface area contributed by atoms with E-state index < -0.39 is 23.9 Å². The van der Waals surface area contributed by atoms with E-state index in [0.29, 0.717) is 16.6 Å². The molecule has 0 saturated heterocycles. The second-order valence-electron chi connectivity index (χ2n) is 6.94. The van der Waals surface area contributed by atoms with Gasteiger partial charge in [-0.25, -0.2) is 4.98 Å². The monoisotopic (exact) mass is 435 g/mol. The first-order valence-electron chi connectivity index (χ1n) is 9.17. The normalized spacial score (nSPS) is 12.7. The van der Waals surface area contributed by atoms with Crippen molar-refractivity contribution in [3.8, 4) is 5.69 Å². The molecule has 3 rings (SSSR count). The molecule has 3 aromatic rings. The first-order valence-corrected chi connectivity index (χ1v) is 10.1. The highest BCUT2D eigenvalue weighted by Gasteiger charge is 2.29. The van der Waals surface area contributed by atoms with E-state index in [-0.39, 0.29) is 10.7 Å². The van der Waals surface area contributed by atoms with E-state index in [1.54, 1.807) is 30.3 Å². The van der Waals surface area contributed by atoms with E-state index in [9.17, 15) is 22.8 Å². The summed E-state index contributed by atoms with van der Waals surface area (Å²) < 4.78 is 38.7. The van der Waals surface area contributed by atoms with Crippen LogP contribution in [0.25, 0.3) is 16.6 Å². The molecule has 30 heavy (non-hydrogen) atoms. The number of amides is 1. The Morgan fingerprint density at radius 2 is 1.90 bits per heavy atom. The highest BCUT2D eigenvalue weighted by molar-refractivity contribution is 8.00. The lowest BCUT2D eigenvalue weighted by molar-refractivity contribution is -0.137. The summed E-state index contributed by atoms with van der Waals surface area (Å²) in [5, 5.41) is 1.63. The first-order chi connectivity index (χ1) is 14.1. The molecule has 158 valence electrons. The van der Waals surface area contributed by atoms with E-state index in [1.807, 2.05) is 31.3 Å². The molecule has 1 aromatic heterocycles. The van der Waals surface area contributed by atoms with Gasteiger partial charge >= 0.3 is 6.18 Å². The van der Waals surface area contributed by atoms with Crippen LogP contribution in [0.2, 0.25) is 0 Å². The summed E-state index contributed by atoms with van der Waals surface area (Å²) >= 11 is 0.938. The van der Waals surface area contributed by atoms with Gasteiger partial charge in [-0.05, 0) is 44.5 Å². The van der Waals surface area contributed by atoms with Gasteiger partial charge in [-0.2, -0.15) is 13.2 Å². The van der Waals surface area contributed by atoms with Gasteiger partial charge in [-0.1, -0.05) is 41.6 Å². The minimum Gasteiger partial charge on any atom is -0.346 e. The number of halogens is 3. The molecule has 0 fully saturated rings. The number of aryl methyl sites for hydroxylation is 2. The standard InChI is InChI=1S/C21H20F3N3O2S/c1-12-8-9-17(13(2)10-12)27-19(29)15-6-4-5-7-16(15)26-20(27)30-14(3)18(28)25-11-21(22,23)24/h4-10,14H,11H2,1-3H3,(H,25,28). The number of hydrogen-bond donors (Lipinski definition) is 1. The van der Waals surface area contributed by atoms with Crippen LogP contribution in [0.1, 0.15) is 18.1 Å². The van der Waals surface area contributed by atoms with Crippen molar-refractivity contribution in [2.24, 2.45) is 0 Å². The Kier molecular flexibility index (Phi) is 6.21. The summed E-state index contributed by atoms with van der Waals surface area (Å²) in [6, 6.07) is 12.4. The molecule has 1 N–H and O–H groups in total. The van der Waals surface area contributed by atoms with Crippen molar-refractivity contribution < 1.29 is 18.0 Å². The maximum Gasteiger partial charge on any atom is 0.405 e. The lowest BCUT2D eigenvalue weighted by Gasteiger charge is -2.18. The van der Waals surface area contributed by atoms with Crippen molar-refractivity contribution in [1.29, 1.82) is 0 Å². The molecule has 1 heterocycles. The fourth-order valence-electron chi connectivity index (χ4n) is 3.00. The zero-order chi connectivity index (χ0) is 22.1. The third kappa shape index (κ3) is 4.84. The summed E-state index contributed by atoms with van der Waals surface area (Å²) in [7, 11) is 0. The van der Waals surface area contributed by atoms with Crippen LogP contribution >= 0.6 is 11.8 Å². The molecule has 2 aromatic carbocycles. The van der Waals surface area contributed by atoms with Crippen LogP contribution in [-0.2, 0) is 4.79 Å². The van der Waals surface area contributed by atoms with E-state index in [0.717, 1.165) is 22.9 Å². The summed E-state index contributed by atoms with van der Waals surface area (Å²) in [6.07, 6.45) is -4.50. The summed E-state index contributed by atoms with van der Waals surface area (Å²) in [5.41, 5.74) is 2.61. The molecular formula is C21H20F3N3O2S. The lowest BCUT2D eigenvalue weighted by atomic mass is 10.1. The van der Waals surface area contributed by atoms with Crippen LogP contribution in [-0.4, -0.2) is 33.4 Å². The third-order valence-electron chi connectivity index (χ3n) is 4.45. The predicted molar refractivity (Wildman–Crippen MR) is 111 cm³/mol. The van der Waals surface area contributed by atoms with Crippen molar-refractivity contribution in [2.75, 3.05) is 6.54 Å². The molecule has 0 aliphatic rings. The van der Waals surface area contributed by atoms with Crippen molar-refractivity contribution in [3.05, 3.63) is 63.9 Å². The van der Waals surface area contributed by atoms with Crippen LogP contribution in [0.15, 0.2) is 52.4 Å². The Morgan fingerprint density at radius 3 is 2.57 bits per heavy atom. The van der Waals surface area contributed by atoms with E-state index >= 15 is 0 Å². The second kappa shape index (κ2) is 8.51. The molecule has 1 unspecified atom stereocenters. The topological polar surface area (TPSA) is 64.0 Å². The molecule has 0 aliphatic heterocycles. The number of hydrogen-bond acceptors (Lipinski definition) is 4. The zero-order valence-corrected chi connectivity index (χ0v) is 17.4. The predicted octanol–water partition coefficient (Wildman–Crippen LogP) is 4.16. The van der Waals surface area contributed by atoms with Crippen LogP contribution in [0.3, 0.4) is 0 Å². The number of para-hydroxylation sites is 1. The molecule has 9 heteroatoms. The highest BCUT2D eigenvalue weighted by Crippen LogP contribution is 2.27. The van der Waals surface area contributed by atoms with Gasteiger partial charge < -0.3 is 5.32 Å². The molecule has 0 spiro atoms. The van der Waals surface area contributed by atoms with Gasteiger partial charge in [-0.15, -0.1) is 0 Å². The summed E-state index contributed by atoms with van der Waals surface area (Å²) in [6.45, 7) is 3.86. The Bertz CT molecular complexity index is 1160. The number of benzene rings is 2. The minimum atomic E-state index is -4.50. The largest absolute Gasteiger partial charge is 0.405 e. The van der Waals surface area contributed by atoms with Crippen molar-refractivity contribution >= 4 is 28.6 Å². The Morgan fingerprint density at radius 1 is 1.20 bits per heavy atom. The molecule has 0 aliphatic carbocycles. The van der Waals surface area contributed by atoms with Gasteiger partial charge in [0.1, 0.15) is 6.54 Å². The number of nitrogens with zero attached hydrogens (tertiary/aromatic N) is 2. The van der Waals surface area contributed by atoms with Gasteiger partial charge in [0.15, 0.2) is 5.16 Å². The van der Waals surface area contributed by atoms with Crippen molar-refractivity contribution in [2.45, 2.75) is 37.4 Å². The Hall–Kier alpha value is -2.81. The molecule has 0 saturated carbocycles. The van der Waals surface area contributed by atoms with Gasteiger partial charge in [0.25, 0.3) is 5.56 Å². The van der Waals surface area contributed by atoms with E-state index in [1.165, 1.54) is 11.5 Å². The summed E-state index contributed by atoms with van der Waals surface area (Å²) in [5.74, 6) is -0.785.